The molecule has 0 aromatic rings. The van der Waals surface area contributed by atoms with E-state index in [2.05, 4.69) is 13.6 Å². The average Bonchev–Trinajstić information content (AvgIpc) is 2.04. The molecule has 0 rings (SSSR count). The fourth-order valence-corrected chi connectivity index (χ4v) is 0.224. The number of phosphoric acid groups is 2. The molecule has 0 saturated heterocycles. The summed E-state index contributed by atoms with van der Waals surface area (Å²) in [4.78, 5) is 28.5. The van der Waals surface area contributed by atoms with E-state index < -0.39 is 15.6 Å². The Morgan fingerprint density at radius 1 is 0.857 bits per heavy atom. The Kier molecular flexibility index (Phi) is 12.0. The minimum absolute atomic E-state index is 0. The van der Waals surface area contributed by atoms with E-state index in [1.165, 1.54) is 0 Å². The quantitative estimate of drug-likeness (QED) is 0.574. The van der Waals surface area contributed by atoms with Gasteiger partial charge >= 0.3 is 0 Å². The van der Waals surface area contributed by atoms with Crippen molar-refractivity contribution in [3.63, 3.8) is 0 Å². The zero-order valence-corrected chi connectivity index (χ0v) is 8.95. The summed E-state index contributed by atoms with van der Waals surface area (Å²) in [6, 6.07) is 0. The Bertz CT molecular complexity index is 201. The number of rotatable bonds is 3. The van der Waals surface area contributed by atoms with E-state index >= 15 is 0 Å². The normalized spacial score (nSPS) is 11.0. The monoisotopic (exact) mass is 251 g/mol. The largest absolute Gasteiger partial charge is 0.790 e. The van der Waals surface area contributed by atoms with Crippen molar-refractivity contribution in [3.8, 4) is 0 Å². The molecule has 0 N–H and O–H groups in total. The van der Waals surface area contributed by atoms with E-state index in [9.17, 15) is 23.8 Å². The summed E-state index contributed by atoms with van der Waals surface area (Å²) in [5.41, 5.74) is 0. The third-order valence-corrected chi connectivity index (χ3v) is 2.01. The predicted molar refractivity (Wildman–Crippen MR) is 43.0 cm³/mol. The molecule has 0 aromatic heterocycles. The lowest BCUT2D eigenvalue weighted by Gasteiger charge is -2.25. The first-order valence-electron chi connectivity index (χ1n) is 2.69. The number of hydrogen-bond donors (Lipinski definition) is 0. The van der Waals surface area contributed by atoms with Gasteiger partial charge in [-0.15, -0.1) is 0 Å². The van der Waals surface area contributed by atoms with Gasteiger partial charge in [-0.05, 0) is 0 Å². The second kappa shape index (κ2) is 8.52. The van der Waals surface area contributed by atoms with Crippen molar-refractivity contribution in [1.82, 2.24) is 0 Å². The lowest BCUT2D eigenvalue weighted by atomic mass is 11.8. The van der Waals surface area contributed by atoms with Gasteiger partial charge < -0.3 is 32.8 Å². The molecule has 0 unspecified atom stereocenters. The molecule has 10 heteroatoms. The molecule has 0 fully saturated rings. The van der Waals surface area contributed by atoms with Crippen molar-refractivity contribution >= 4 is 15.6 Å². The Labute approximate surface area is 82.7 Å². The third-order valence-electron chi connectivity index (χ3n) is 0.671. The van der Waals surface area contributed by atoms with Crippen LogP contribution >= 0.6 is 15.6 Å². The Hall–Kier alpha value is 0.220. The van der Waals surface area contributed by atoms with Gasteiger partial charge in [-0.1, -0.05) is 7.43 Å². The lowest BCUT2D eigenvalue weighted by molar-refractivity contribution is -0.339. The number of phosphoric ester groups is 2. The highest BCUT2D eigenvalue weighted by molar-refractivity contribution is 7.45. The maximum Gasteiger partial charge on any atom is 0.267 e. The highest BCUT2D eigenvalue weighted by atomic mass is 31.2. The Balaban J connectivity index is -0.000000163. The van der Waals surface area contributed by atoms with Crippen molar-refractivity contribution in [2.45, 2.75) is 7.43 Å². The van der Waals surface area contributed by atoms with E-state index in [0.29, 0.717) is 0 Å². The van der Waals surface area contributed by atoms with Crippen LogP contribution in [0.2, 0.25) is 0 Å². The summed E-state index contributed by atoms with van der Waals surface area (Å²) in [6.45, 7) is 0. The maximum absolute atomic E-state index is 9.95. The summed E-state index contributed by atoms with van der Waals surface area (Å²) in [7, 11) is -5.65. The molecule has 0 amide bonds. The van der Waals surface area contributed by atoms with E-state index in [0.717, 1.165) is 21.3 Å². The molecule has 8 nitrogen and oxygen atoms in total. The van der Waals surface area contributed by atoms with Gasteiger partial charge in [0.2, 0.25) is 0 Å². The summed E-state index contributed by atoms with van der Waals surface area (Å²) in [5, 5.41) is 0. The van der Waals surface area contributed by atoms with Crippen LogP contribution in [0.4, 0.5) is 0 Å². The van der Waals surface area contributed by atoms with Gasteiger partial charge in [0.05, 0.1) is 7.82 Å². The SMILES string of the molecule is C.COP(=O)([O-])OC.COP(=O)([O-])[O-]. The molecule has 0 aromatic carbocycles. The second-order valence-electron chi connectivity index (χ2n) is 1.44. The highest BCUT2D eigenvalue weighted by Gasteiger charge is 1.98. The molecule has 90 valence electrons. The van der Waals surface area contributed by atoms with Crippen LogP contribution in [0.25, 0.3) is 0 Å². The molecule has 0 atom stereocenters. The zero-order valence-electron chi connectivity index (χ0n) is 7.16. The lowest BCUT2D eigenvalue weighted by Crippen LogP contribution is -2.14. The highest BCUT2D eigenvalue weighted by Crippen LogP contribution is 2.34. The summed E-state index contributed by atoms with van der Waals surface area (Å²) >= 11 is 0. The topological polar surface area (TPSA) is 131 Å². The molecule has 0 aliphatic carbocycles. The first-order valence-corrected chi connectivity index (χ1v) is 5.61. The van der Waals surface area contributed by atoms with Gasteiger partial charge in [0.1, 0.15) is 0 Å². The van der Waals surface area contributed by atoms with Gasteiger partial charge in [0, 0.05) is 21.3 Å². The molecular formula is C4H13O8P2-3. The molecule has 0 aliphatic rings. The predicted octanol–water partition coefficient (Wildman–Crippen LogP) is -1.15. The van der Waals surface area contributed by atoms with Crippen molar-refractivity contribution in [1.29, 1.82) is 0 Å². The summed E-state index contributed by atoms with van der Waals surface area (Å²) < 4.78 is 30.3. The van der Waals surface area contributed by atoms with Gasteiger partial charge in [-0.2, -0.15) is 0 Å². The van der Waals surface area contributed by atoms with E-state index in [4.69, 9.17) is 0 Å². The smallest absolute Gasteiger partial charge is 0.267 e. The van der Waals surface area contributed by atoms with Gasteiger partial charge in [0.15, 0.2) is 0 Å². The van der Waals surface area contributed by atoms with E-state index in [1.54, 1.807) is 0 Å². The fraction of sp³-hybridized carbons (Fsp3) is 1.00. The molecule has 0 saturated carbocycles. The van der Waals surface area contributed by atoms with Gasteiger partial charge in [0.25, 0.3) is 7.82 Å². The summed E-state index contributed by atoms with van der Waals surface area (Å²) in [5.74, 6) is 0. The van der Waals surface area contributed by atoms with Gasteiger partial charge in [-0.3, -0.25) is 4.57 Å². The number of hydrogen-bond acceptors (Lipinski definition) is 8. The molecular weight excluding hydrogens is 238 g/mol. The molecule has 0 aliphatic heterocycles. The first kappa shape index (κ1) is 19.7. The third kappa shape index (κ3) is 18.1. The Morgan fingerprint density at radius 3 is 1.07 bits per heavy atom. The zero-order chi connectivity index (χ0) is 11.1. The average molecular weight is 251 g/mol. The van der Waals surface area contributed by atoms with E-state index in [-0.39, 0.29) is 7.43 Å². The van der Waals surface area contributed by atoms with Crippen molar-refractivity contribution in [2.75, 3.05) is 21.3 Å². The van der Waals surface area contributed by atoms with Crippen molar-refractivity contribution in [2.24, 2.45) is 0 Å². The molecule has 14 heavy (non-hydrogen) atoms. The molecule has 0 heterocycles. The molecule has 0 radical (unpaired) electrons. The molecule has 0 bridgehead atoms. The van der Waals surface area contributed by atoms with Crippen LogP contribution in [-0.2, 0) is 22.7 Å². The maximum atomic E-state index is 9.95. The second-order valence-corrected chi connectivity index (χ2v) is 4.33. The minimum atomic E-state index is -4.65. The van der Waals surface area contributed by atoms with Crippen molar-refractivity contribution < 1.29 is 37.4 Å². The van der Waals surface area contributed by atoms with Crippen molar-refractivity contribution in [3.05, 3.63) is 0 Å². The van der Waals surface area contributed by atoms with Crippen LogP contribution in [0.3, 0.4) is 0 Å². The van der Waals surface area contributed by atoms with Crippen LogP contribution in [0, 0.1) is 0 Å². The van der Waals surface area contributed by atoms with Gasteiger partial charge in [-0.25, -0.2) is 0 Å². The molecule has 0 spiro atoms. The Morgan fingerprint density at radius 2 is 1.07 bits per heavy atom. The standard InChI is InChI=1S/C2H7O4P.CH5O4P.CH4/c1-5-7(3,4)6-2;1-5-6(2,3)4;/h1-2H3,(H,3,4);1H3,(H2,2,3,4);1H4/p-3. The van der Waals surface area contributed by atoms with E-state index in [1.807, 2.05) is 0 Å². The minimum Gasteiger partial charge on any atom is -0.790 e. The van der Waals surface area contributed by atoms with Crippen LogP contribution in [0.15, 0.2) is 0 Å². The van der Waals surface area contributed by atoms with Crippen LogP contribution in [-0.4, -0.2) is 21.3 Å². The first-order chi connectivity index (χ1) is 5.68. The fourth-order valence-electron chi connectivity index (χ4n) is 0.0745. The summed E-state index contributed by atoms with van der Waals surface area (Å²) in [6.07, 6.45) is 0. The van der Waals surface area contributed by atoms with Crippen LogP contribution in [0.5, 0.6) is 0 Å². The van der Waals surface area contributed by atoms with Crippen LogP contribution in [0.1, 0.15) is 7.43 Å². The van der Waals surface area contributed by atoms with Crippen LogP contribution < -0.4 is 14.7 Å².